The third-order valence-corrected chi connectivity index (χ3v) is 3.77. The van der Waals surface area contributed by atoms with Crippen LogP contribution >= 0.6 is 0 Å². The smallest absolute Gasteiger partial charge is 0.200 e. The maximum Gasteiger partial charge on any atom is 0.200 e. The molecule has 0 unspecified atom stereocenters. The lowest BCUT2D eigenvalue weighted by Crippen LogP contribution is -2.28. The van der Waals surface area contributed by atoms with Crippen molar-refractivity contribution < 1.29 is 22.0 Å². The Morgan fingerprint density at radius 3 is 1.56 bits per heavy atom. The number of benzene rings is 1. The fourth-order valence-electron chi connectivity index (χ4n) is 2.42. The van der Waals surface area contributed by atoms with Crippen molar-refractivity contribution in [2.45, 2.75) is 32.6 Å². The molecule has 0 nitrogen and oxygen atoms in total. The van der Waals surface area contributed by atoms with E-state index in [1.807, 2.05) is 13.8 Å². The van der Waals surface area contributed by atoms with Gasteiger partial charge in [-0.25, -0.2) is 22.0 Å². The quantitative estimate of drug-likeness (QED) is 0.418. The van der Waals surface area contributed by atoms with E-state index in [2.05, 4.69) is 0 Å². The predicted octanol–water partition coefficient (Wildman–Crippen LogP) is 4.53. The molecule has 0 bridgehead atoms. The first-order chi connectivity index (χ1) is 8.34. The average molecular weight is 264 g/mol. The zero-order valence-electron chi connectivity index (χ0n) is 10.0. The molecule has 0 aromatic heterocycles. The molecule has 2 rings (SSSR count). The van der Waals surface area contributed by atoms with Crippen molar-refractivity contribution in [3.63, 3.8) is 0 Å². The van der Waals surface area contributed by atoms with E-state index in [1.165, 1.54) is 0 Å². The number of hydrogen-bond donors (Lipinski definition) is 0. The molecule has 0 heterocycles. The normalized spacial score (nSPS) is 23.3. The van der Waals surface area contributed by atoms with Gasteiger partial charge in [-0.2, -0.15) is 0 Å². The maximum absolute atomic E-state index is 13.5. The highest BCUT2D eigenvalue weighted by atomic mass is 19.2. The minimum Gasteiger partial charge on any atom is -0.203 e. The zero-order valence-corrected chi connectivity index (χ0v) is 10.0. The van der Waals surface area contributed by atoms with E-state index < -0.39 is 40.6 Å². The second kappa shape index (κ2) is 4.52. The Hall–Kier alpha value is -1.13. The molecule has 0 aliphatic heterocycles. The third-order valence-electron chi connectivity index (χ3n) is 3.77. The summed E-state index contributed by atoms with van der Waals surface area (Å²) in [6, 6.07) is 0. The maximum atomic E-state index is 13.5. The molecule has 1 aliphatic carbocycles. The summed E-state index contributed by atoms with van der Waals surface area (Å²) in [6.45, 7) is 3.94. The molecule has 1 saturated carbocycles. The highest BCUT2D eigenvalue weighted by molar-refractivity contribution is 5.29. The van der Waals surface area contributed by atoms with Crippen LogP contribution in [0.4, 0.5) is 22.0 Å². The Morgan fingerprint density at radius 2 is 1.17 bits per heavy atom. The van der Waals surface area contributed by atoms with Gasteiger partial charge in [0.25, 0.3) is 0 Å². The van der Waals surface area contributed by atoms with Gasteiger partial charge >= 0.3 is 0 Å². The second-order valence-corrected chi connectivity index (χ2v) is 5.16. The van der Waals surface area contributed by atoms with Gasteiger partial charge in [0.15, 0.2) is 23.3 Å². The first kappa shape index (κ1) is 13.3. The lowest BCUT2D eigenvalue weighted by atomic mass is 9.67. The summed E-state index contributed by atoms with van der Waals surface area (Å²) in [5.74, 6) is -9.09. The Morgan fingerprint density at radius 1 is 0.778 bits per heavy atom. The molecule has 5 heteroatoms. The molecule has 0 radical (unpaired) electrons. The van der Waals surface area contributed by atoms with Crippen molar-refractivity contribution in [2.24, 2.45) is 11.8 Å². The molecular formula is C13H13F5. The van der Waals surface area contributed by atoms with Crippen LogP contribution in [-0.4, -0.2) is 0 Å². The van der Waals surface area contributed by atoms with Gasteiger partial charge in [0.2, 0.25) is 5.82 Å². The lowest BCUT2D eigenvalue weighted by molar-refractivity contribution is 0.186. The van der Waals surface area contributed by atoms with Crippen LogP contribution in [0.2, 0.25) is 0 Å². The van der Waals surface area contributed by atoms with Gasteiger partial charge in [-0.1, -0.05) is 13.8 Å². The highest BCUT2D eigenvalue weighted by Gasteiger charge is 2.38. The first-order valence-electron chi connectivity index (χ1n) is 5.85. The monoisotopic (exact) mass is 264 g/mol. The van der Waals surface area contributed by atoms with Crippen molar-refractivity contribution in [1.82, 2.24) is 0 Å². The van der Waals surface area contributed by atoms with Crippen molar-refractivity contribution in [3.8, 4) is 0 Å². The molecule has 0 atom stereocenters. The van der Waals surface area contributed by atoms with Crippen LogP contribution in [0.25, 0.3) is 0 Å². The summed E-state index contributed by atoms with van der Waals surface area (Å²) in [7, 11) is 0. The van der Waals surface area contributed by atoms with Crippen LogP contribution in [-0.2, 0) is 0 Å². The van der Waals surface area contributed by atoms with Gasteiger partial charge in [-0.3, -0.25) is 0 Å². The summed E-state index contributed by atoms with van der Waals surface area (Å²) in [4.78, 5) is 0. The summed E-state index contributed by atoms with van der Waals surface area (Å²) in [5, 5.41) is 0. The Balaban J connectivity index is 2.36. The van der Waals surface area contributed by atoms with Gasteiger partial charge in [-0.15, -0.1) is 0 Å². The minimum absolute atomic E-state index is 0.282. The molecule has 0 N–H and O–H groups in total. The standard InChI is InChI=1S/C13H13F5/c1-5(2)6-3-7(4-6)8-9(14)11(16)13(18)12(17)10(8)15/h5-7H,3-4H2,1-2H3. The summed E-state index contributed by atoms with van der Waals surface area (Å²) in [5.41, 5.74) is -0.650. The molecule has 100 valence electrons. The Labute approximate surface area is 102 Å². The second-order valence-electron chi connectivity index (χ2n) is 5.16. The average Bonchev–Trinajstić information content (AvgIpc) is 2.26. The molecule has 18 heavy (non-hydrogen) atoms. The molecule has 0 saturated heterocycles. The predicted molar refractivity (Wildman–Crippen MR) is 56.5 cm³/mol. The number of hydrogen-bond acceptors (Lipinski definition) is 0. The number of halogens is 5. The van der Waals surface area contributed by atoms with E-state index in [4.69, 9.17) is 0 Å². The molecule has 0 amide bonds. The van der Waals surface area contributed by atoms with Crippen LogP contribution < -0.4 is 0 Å². The third kappa shape index (κ3) is 1.89. The summed E-state index contributed by atoms with van der Waals surface area (Å²) < 4.78 is 65.9. The fourth-order valence-corrected chi connectivity index (χ4v) is 2.42. The Bertz CT molecular complexity index is 446. The van der Waals surface area contributed by atoms with E-state index >= 15 is 0 Å². The van der Waals surface area contributed by atoms with Gasteiger partial charge < -0.3 is 0 Å². The van der Waals surface area contributed by atoms with Crippen molar-refractivity contribution >= 4 is 0 Å². The fraction of sp³-hybridized carbons (Fsp3) is 0.538. The Kier molecular flexibility index (Phi) is 3.34. The highest BCUT2D eigenvalue weighted by Crippen LogP contribution is 2.47. The largest absolute Gasteiger partial charge is 0.203 e. The minimum atomic E-state index is -2.09. The van der Waals surface area contributed by atoms with E-state index in [1.54, 1.807) is 0 Å². The van der Waals surface area contributed by atoms with Gasteiger partial charge in [0.1, 0.15) is 0 Å². The van der Waals surface area contributed by atoms with Crippen LogP contribution in [0.3, 0.4) is 0 Å². The van der Waals surface area contributed by atoms with E-state index in [-0.39, 0.29) is 5.92 Å². The van der Waals surface area contributed by atoms with E-state index in [9.17, 15) is 22.0 Å². The van der Waals surface area contributed by atoms with E-state index in [0.717, 1.165) is 0 Å². The molecule has 1 fully saturated rings. The molecule has 1 aromatic rings. The van der Waals surface area contributed by atoms with Crippen LogP contribution in [0.1, 0.15) is 38.2 Å². The molecule has 1 aliphatic rings. The summed E-state index contributed by atoms with van der Waals surface area (Å²) in [6.07, 6.45) is 0.937. The van der Waals surface area contributed by atoms with Crippen molar-refractivity contribution in [1.29, 1.82) is 0 Å². The van der Waals surface area contributed by atoms with Crippen LogP contribution in [0, 0.1) is 40.9 Å². The van der Waals surface area contributed by atoms with Gasteiger partial charge in [0, 0.05) is 5.56 Å². The zero-order chi connectivity index (χ0) is 13.6. The van der Waals surface area contributed by atoms with E-state index in [0.29, 0.717) is 18.8 Å². The molecule has 0 spiro atoms. The topological polar surface area (TPSA) is 0 Å². The van der Waals surface area contributed by atoms with Crippen LogP contribution in [0.15, 0.2) is 0 Å². The van der Waals surface area contributed by atoms with Crippen molar-refractivity contribution in [2.75, 3.05) is 0 Å². The van der Waals surface area contributed by atoms with Gasteiger partial charge in [0.05, 0.1) is 0 Å². The molecule has 1 aromatic carbocycles. The number of rotatable bonds is 2. The SMILES string of the molecule is CC(C)C1CC(c2c(F)c(F)c(F)c(F)c2F)C1. The molecular weight excluding hydrogens is 251 g/mol. The van der Waals surface area contributed by atoms with Gasteiger partial charge in [-0.05, 0) is 30.6 Å². The first-order valence-corrected chi connectivity index (χ1v) is 5.85. The summed E-state index contributed by atoms with van der Waals surface area (Å²) >= 11 is 0. The van der Waals surface area contributed by atoms with Crippen LogP contribution in [0.5, 0.6) is 0 Å². The van der Waals surface area contributed by atoms with Crippen molar-refractivity contribution in [3.05, 3.63) is 34.6 Å². The lowest BCUT2D eigenvalue weighted by Gasteiger charge is -2.38.